The highest BCUT2D eigenvalue weighted by Crippen LogP contribution is 2.04. The topological polar surface area (TPSA) is 48.9 Å². The van der Waals surface area contributed by atoms with Crippen LogP contribution in [0.15, 0.2) is 4.99 Å². The number of hydrogen-bond donors (Lipinski definition) is 2. The van der Waals surface area contributed by atoms with Gasteiger partial charge in [-0.05, 0) is 46.3 Å². The number of guanidine groups is 1. The number of nitrogens with zero attached hydrogens (tertiary/aromatic N) is 2. The van der Waals surface area contributed by atoms with Crippen molar-refractivity contribution in [2.75, 3.05) is 46.9 Å². The standard InChI is InChI=1S/C15H34N4O/c1-7-19(8-2)12-10-9-11-17-14(16-5)18-13-15(3,4)20-6/h7-13H2,1-6H3,(H2,16,17,18). The number of aliphatic imine (C=N–C) groups is 1. The summed E-state index contributed by atoms with van der Waals surface area (Å²) in [5, 5.41) is 6.63. The normalized spacial score (nSPS) is 12.8. The maximum atomic E-state index is 5.38. The Hall–Kier alpha value is -0.810. The molecule has 0 aliphatic heterocycles. The molecular weight excluding hydrogens is 252 g/mol. The molecule has 0 aromatic carbocycles. The van der Waals surface area contributed by atoms with Crippen molar-refractivity contribution in [3.05, 3.63) is 0 Å². The third-order valence-electron chi connectivity index (χ3n) is 3.55. The van der Waals surface area contributed by atoms with Gasteiger partial charge in [-0.2, -0.15) is 0 Å². The molecule has 120 valence electrons. The lowest BCUT2D eigenvalue weighted by atomic mass is 10.1. The van der Waals surface area contributed by atoms with Crippen molar-refractivity contribution in [3.63, 3.8) is 0 Å². The number of nitrogens with one attached hydrogen (secondary N) is 2. The Balaban J connectivity index is 3.76. The monoisotopic (exact) mass is 286 g/mol. The van der Waals surface area contributed by atoms with E-state index in [-0.39, 0.29) is 5.60 Å². The van der Waals surface area contributed by atoms with Crippen LogP contribution in [0.25, 0.3) is 0 Å². The Morgan fingerprint density at radius 1 is 1.15 bits per heavy atom. The van der Waals surface area contributed by atoms with E-state index in [0.717, 1.165) is 38.6 Å². The van der Waals surface area contributed by atoms with Crippen molar-refractivity contribution >= 4 is 5.96 Å². The number of hydrogen-bond acceptors (Lipinski definition) is 3. The molecule has 0 spiro atoms. The Morgan fingerprint density at radius 2 is 1.80 bits per heavy atom. The zero-order chi connectivity index (χ0) is 15.4. The largest absolute Gasteiger partial charge is 0.377 e. The minimum Gasteiger partial charge on any atom is -0.377 e. The summed E-state index contributed by atoms with van der Waals surface area (Å²) in [7, 11) is 3.52. The van der Waals surface area contributed by atoms with Gasteiger partial charge in [-0.3, -0.25) is 4.99 Å². The summed E-state index contributed by atoms with van der Waals surface area (Å²) in [5.41, 5.74) is -0.180. The van der Waals surface area contributed by atoms with E-state index in [9.17, 15) is 0 Å². The van der Waals surface area contributed by atoms with Gasteiger partial charge in [0.1, 0.15) is 0 Å². The number of unbranched alkanes of at least 4 members (excludes halogenated alkanes) is 1. The van der Waals surface area contributed by atoms with Gasteiger partial charge in [0.2, 0.25) is 0 Å². The zero-order valence-corrected chi connectivity index (χ0v) is 14.3. The SMILES string of the molecule is CCN(CC)CCCCNC(=NC)NCC(C)(C)OC. The van der Waals surface area contributed by atoms with E-state index in [1.807, 2.05) is 0 Å². The van der Waals surface area contributed by atoms with Crippen LogP contribution in [0, 0.1) is 0 Å². The summed E-state index contributed by atoms with van der Waals surface area (Å²) >= 11 is 0. The molecule has 0 saturated heterocycles. The van der Waals surface area contributed by atoms with Crippen molar-refractivity contribution in [1.82, 2.24) is 15.5 Å². The highest BCUT2D eigenvalue weighted by atomic mass is 16.5. The highest BCUT2D eigenvalue weighted by Gasteiger charge is 2.16. The molecule has 0 heterocycles. The van der Waals surface area contributed by atoms with Gasteiger partial charge in [-0.25, -0.2) is 0 Å². The Bertz CT molecular complexity index is 263. The summed E-state index contributed by atoms with van der Waals surface area (Å²) < 4.78 is 5.38. The smallest absolute Gasteiger partial charge is 0.191 e. The van der Waals surface area contributed by atoms with Crippen LogP contribution in [-0.2, 0) is 4.74 Å². The molecule has 20 heavy (non-hydrogen) atoms. The predicted molar refractivity (Wildman–Crippen MR) is 87.5 cm³/mol. The summed E-state index contributed by atoms with van der Waals surface area (Å²) in [4.78, 5) is 6.67. The van der Waals surface area contributed by atoms with Crippen molar-refractivity contribution in [3.8, 4) is 0 Å². The molecule has 0 atom stereocenters. The molecule has 0 radical (unpaired) electrons. The first-order valence-corrected chi connectivity index (χ1v) is 7.71. The fourth-order valence-corrected chi connectivity index (χ4v) is 1.80. The Morgan fingerprint density at radius 3 is 2.30 bits per heavy atom. The molecule has 0 unspecified atom stereocenters. The van der Waals surface area contributed by atoms with Gasteiger partial charge in [-0.15, -0.1) is 0 Å². The number of ether oxygens (including phenoxy) is 1. The molecule has 5 heteroatoms. The second-order valence-corrected chi connectivity index (χ2v) is 5.55. The number of methoxy groups -OCH3 is 1. The van der Waals surface area contributed by atoms with Crippen molar-refractivity contribution < 1.29 is 4.74 Å². The average Bonchev–Trinajstić information content (AvgIpc) is 2.46. The third kappa shape index (κ3) is 9.15. The summed E-state index contributed by atoms with van der Waals surface area (Å²) in [6.07, 6.45) is 2.38. The van der Waals surface area contributed by atoms with E-state index < -0.39 is 0 Å². The molecule has 0 aliphatic rings. The van der Waals surface area contributed by atoms with E-state index in [1.54, 1.807) is 14.2 Å². The van der Waals surface area contributed by atoms with Gasteiger partial charge in [-0.1, -0.05) is 13.8 Å². The quantitative estimate of drug-likeness (QED) is 0.365. The predicted octanol–water partition coefficient (Wildman–Crippen LogP) is 1.70. The fraction of sp³-hybridized carbons (Fsp3) is 0.933. The lowest BCUT2D eigenvalue weighted by Crippen LogP contribution is -2.45. The van der Waals surface area contributed by atoms with Crippen LogP contribution in [0.3, 0.4) is 0 Å². The van der Waals surface area contributed by atoms with Crippen LogP contribution in [0.5, 0.6) is 0 Å². The van der Waals surface area contributed by atoms with Crippen LogP contribution in [0.4, 0.5) is 0 Å². The second kappa shape index (κ2) is 10.9. The maximum Gasteiger partial charge on any atom is 0.191 e. The van der Waals surface area contributed by atoms with E-state index >= 15 is 0 Å². The highest BCUT2D eigenvalue weighted by molar-refractivity contribution is 5.79. The number of rotatable bonds is 10. The van der Waals surface area contributed by atoms with E-state index in [2.05, 4.69) is 48.2 Å². The van der Waals surface area contributed by atoms with E-state index in [0.29, 0.717) is 0 Å². The van der Waals surface area contributed by atoms with Crippen LogP contribution < -0.4 is 10.6 Å². The molecule has 0 fully saturated rings. The van der Waals surface area contributed by atoms with Crippen LogP contribution in [0.2, 0.25) is 0 Å². The fourth-order valence-electron chi connectivity index (χ4n) is 1.80. The average molecular weight is 286 g/mol. The molecule has 5 nitrogen and oxygen atoms in total. The molecular formula is C15H34N4O. The first kappa shape index (κ1) is 19.2. The van der Waals surface area contributed by atoms with Gasteiger partial charge in [0.05, 0.1) is 5.60 Å². The minimum absolute atomic E-state index is 0.180. The minimum atomic E-state index is -0.180. The van der Waals surface area contributed by atoms with Gasteiger partial charge < -0.3 is 20.3 Å². The summed E-state index contributed by atoms with van der Waals surface area (Å²) in [5.74, 6) is 0.845. The molecule has 2 N–H and O–H groups in total. The molecule has 0 aromatic heterocycles. The lowest BCUT2D eigenvalue weighted by Gasteiger charge is -2.24. The molecule has 0 rings (SSSR count). The first-order valence-electron chi connectivity index (χ1n) is 7.71. The first-order chi connectivity index (χ1) is 9.49. The van der Waals surface area contributed by atoms with Crippen LogP contribution in [0.1, 0.15) is 40.5 Å². The second-order valence-electron chi connectivity index (χ2n) is 5.55. The molecule has 0 aliphatic carbocycles. The molecule has 0 saturated carbocycles. The van der Waals surface area contributed by atoms with Crippen LogP contribution in [-0.4, -0.2) is 63.3 Å². The molecule has 0 amide bonds. The van der Waals surface area contributed by atoms with E-state index in [4.69, 9.17) is 4.74 Å². The Kier molecular flexibility index (Phi) is 10.5. The zero-order valence-electron chi connectivity index (χ0n) is 14.3. The van der Waals surface area contributed by atoms with Crippen LogP contribution >= 0.6 is 0 Å². The van der Waals surface area contributed by atoms with Gasteiger partial charge in [0, 0.05) is 27.2 Å². The van der Waals surface area contributed by atoms with Crippen molar-refractivity contribution in [1.29, 1.82) is 0 Å². The Labute approximate surface area is 125 Å². The molecule has 0 aromatic rings. The summed E-state index contributed by atoms with van der Waals surface area (Å²) in [6, 6.07) is 0. The van der Waals surface area contributed by atoms with Crippen molar-refractivity contribution in [2.24, 2.45) is 4.99 Å². The molecule has 0 bridgehead atoms. The maximum absolute atomic E-state index is 5.38. The third-order valence-corrected chi connectivity index (χ3v) is 3.55. The van der Waals surface area contributed by atoms with Gasteiger partial charge in [0.25, 0.3) is 0 Å². The van der Waals surface area contributed by atoms with Gasteiger partial charge >= 0.3 is 0 Å². The van der Waals surface area contributed by atoms with Gasteiger partial charge in [0.15, 0.2) is 5.96 Å². The van der Waals surface area contributed by atoms with Crippen molar-refractivity contribution in [2.45, 2.75) is 46.1 Å². The lowest BCUT2D eigenvalue weighted by molar-refractivity contribution is 0.0268. The summed E-state index contributed by atoms with van der Waals surface area (Å²) in [6.45, 7) is 13.7. The van der Waals surface area contributed by atoms with E-state index in [1.165, 1.54) is 13.0 Å².